The number of aromatic nitrogens is 2. The number of halogens is 6. The summed E-state index contributed by atoms with van der Waals surface area (Å²) in [5.41, 5.74) is -0.0200. The Kier molecular flexibility index (Phi) is 7.23. The van der Waals surface area contributed by atoms with E-state index >= 15 is 0 Å². The van der Waals surface area contributed by atoms with Crippen molar-refractivity contribution in [2.24, 2.45) is 0 Å². The minimum absolute atomic E-state index is 0.0285. The van der Waals surface area contributed by atoms with Crippen LogP contribution in [0.4, 0.5) is 43.8 Å². The molecule has 0 aliphatic carbocycles. The predicted octanol–water partition coefficient (Wildman–Crippen LogP) is 7.32. The van der Waals surface area contributed by atoms with Gasteiger partial charge in [-0.1, -0.05) is 25.1 Å². The predicted molar refractivity (Wildman–Crippen MR) is 117 cm³/mol. The van der Waals surface area contributed by atoms with E-state index in [9.17, 15) is 26.3 Å². The van der Waals surface area contributed by atoms with Crippen LogP contribution >= 0.6 is 0 Å². The standard InChI is InChI=1S/C23H22F6N4O/c1-4-14(3)30-21-32-19(15-6-5-7-17(10-15)34-23(27,28)29)12-20(33-21)31-16-9-8-13(2)18(11-16)22(24,25)26/h5-12,14H,4H2,1-3H3,(H2,30,31,32,33)/t14-/m0/s1. The second-order valence-electron chi connectivity index (χ2n) is 7.64. The molecule has 0 fully saturated rings. The number of ether oxygens (including phenoxy) is 1. The van der Waals surface area contributed by atoms with Crippen LogP contribution in [0.1, 0.15) is 31.4 Å². The molecule has 3 rings (SSSR count). The molecule has 0 amide bonds. The van der Waals surface area contributed by atoms with Gasteiger partial charge in [-0.2, -0.15) is 18.2 Å². The number of alkyl halides is 6. The van der Waals surface area contributed by atoms with Gasteiger partial charge < -0.3 is 15.4 Å². The number of nitrogens with zero attached hydrogens (tertiary/aromatic N) is 2. The Hall–Kier alpha value is -3.50. The summed E-state index contributed by atoms with van der Waals surface area (Å²) in [6.07, 6.45) is -8.65. The van der Waals surface area contributed by atoms with Crippen molar-refractivity contribution in [3.63, 3.8) is 0 Å². The first-order valence-corrected chi connectivity index (χ1v) is 10.3. The maximum absolute atomic E-state index is 13.3. The number of benzene rings is 2. The normalized spacial score (nSPS) is 12.9. The summed E-state index contributed by atoms with van der Waals surface area (Å²) < 4.78 is 81.8. The Bertz CT molecular complexity index is 1150. The molecule has 0 aliphatic heterocycles. The van der Waals surface area contributed by atoms with Crippen molar-refractivity contribution in [1.29, 1.82) is 0 Å². The van der Waals surface area contributed by atoms with Crippen molar-refractivity contribution < 1.29 is 31.1 Å². The molecule has 1 heterocycles. The van der Waals surface area contributed by atoms with Crippen LogP contribution in [0, 0.1) is 6.92 Å². The van der Waals surface area contributed by atoms with E-state index in [0.29, 0.717) is 5.56 Å². The van der Waals surface area contributed by atoms with Gasteiger partial charge in [0.25, 0.3) is 0 Å². The van der Waals surface area contributed by atoms with Gasteiger partial charge in [0.15, 0.2) is 0 Å². The van der Waals surface area contributed by atoms with E-state index in [4.69, 9.17) is 0 Å². The van der Waals surface area contributed by atoms with Crippen LogP contribution in [0.25, 0.3) is 11.3 Å². The van der Waals surface area contributed by atoms with E-state index in [2.05, 4.69) is 25.3 Å². The summed E-state index contributed by atoms with van der Waals surface area (Å²) in [5, 5.41) is 5.91. The lowest BCUT2D eigenvalue weighted by molar-refractivity contribution is -0.274. The third-order valence-electron chi connectivity index (χ3n) is 4.89. The zero-order valence-electron chi connectivity index (χ0n) is 18.5. The summed E-state index contributed by atoms with van der Waals surface area (Å²) in [6, 6.07) is 10.4. The molecule has 34 heavy (non-hydrogen) atoms. The van der Waals surface area contributed by atoms with Crippen LogP contribution in [0.3, 0.4) is 0 Å². The number of nitrogens with one attached hydrogen (secondary N) is 2. The van der Waals surface area contributed by atoms with Gasteiger partial charge in [-0.25, -0.2) is 4.98 Å². The summed E-state index contributed by atoms with van der Waals surface area (Å²) in [7, 11) is 0. The highest BCUT2D eigenvalue weighted by Gasteiger charge is 2.33. The Morgan fingerprint density at radius 3 is 2.35 bits per heavy atom. The molecule has 182 valence electrons. The fourth-order valence-electron chi connectivity index (χ4n) is 3.05. The van der Waals surface area contributed by atoms with Crippen molar-refractivity contribution in [3.05, 3.63) is 59.7 Å². The number of aryl methyl sites for hydroxylation is 1. The van der Waals surface area contributed by atoms with Crippen LogP contribution in [0.5, 0.6) is 5.75 Å². The number of hydrogen-bond donors (Lipinski definition) is 2. The fourth-order valence-corrected chi connectivity index (χ4v) is 3.05. The summed E-state index contributed by atoms with van der Waals surface area (Å²) in [4.78, 5) is 8.68. The minimum atomic E-state index is -4.86. The van der Waals surface area contributed by atoms with E-state index in [-0.39, 0.29) is 34.8 Å². The van der Waals surface area contributed by atoms with E-state index in [1.807, 2.05) is 13.8 Å². The number of hydrogen-bond acceptors (Lipinski definition) is 5. The molecule has 0 aliphatic rings. The van der Waals surface area contributed by atoms with Gasteiger partial charge in [-0.05, 0) is 50.1 Å². The molecule has 1 aromatic heterocycles. The Balaban J connectivity index is 2.01. The van der Waals surface area contributed by atoms with Gasteiger partial charge in [0.05, 0.1) is 11.3 Å². The molecule has 5 nitrogen and oxygen atoms in total. The summed E-state index contributed by atoms with van der Waals surface area (Å²) >= 11 is 0. The monoisotopic (exact) mass is 484 g/mol. The lowest BCUT2D eigenvalue weighted by atomic mass is 10.1. The molecular formula is C23H22F6N4O. The van der Waals surface area contributed by atoms with Gasteiger partial charge in [0.1, 0.15) is 11.6 Å². The largest absolute Gasteiger partial charge is 0.573 e. The molecule has 1 atom stereocenters. The lowest BCUT2D eigenvalue weighted by Gasteiger charge is -2.16. The first kappa shape index (κ1) is 25.1. The van der Waals surface area contributed by atoms with Crippen LogP contribution in [-0.2, 0) is 6.18 Å². The maximum atomic E-state index is 13.3. The summed E-state index contributed by atoms with van der Waals surface area (Å²) in [6.45, 7) is 5.18. The highest BCUT2D eigenvalue weighted by atomic mass is 19.4. The SMILES string of the molecule is CC[C@H](C)Nc1nc(Nc2ccc(C)c(C(F)(F)F)c2)cc(-c2cccc(OC(F)(F)F)c2)n1. The average Bonchev–Trinajstić information content (AvgIpc) is 2.73. The van der Waals surface area contributed by atoms with Crippen LogP contribution < -0.4 is 15.4 Å². The van der Waals surface area contributed by atoms with Gasteiger partial charge in [0, 0.05) is 23.4 Å². The van der Waals surface area contributed by atoms with Crippen molar-refractivity contribution in [3.8, 4) is 17.0 Å². The number of anilines is 3. The zero-order chi connectivity index (χ0) is 25.1. The van der Waals surface area contributed by atoms with Crippen LogP contribution in [-0.4, -0.2) is 22.4 Å². The third kappa shape index (κ3) is 6.75. The van der Waals surface area contributed by atoms with Crippen LogP contribution in [0.2, 0.25) is 0 Å². The molecule has 0 bridgehead atoms. The topological polar surface area (TPSA) is 59.1 Å². The highest BCUT2D eigenvalue weighted by Crippen LogP contribution is 2.34. The fraction of sp³-hybridized carbons (Fsp3) is 0.304. The Morgan fingerprint density at radius 2 is 1.71 bits per heavy atom. The molecule has 0 saturated carbocycles. The van der Waals surface area contributed by atoms with Gasteiger partial charge in [-0.15, -0.1) is 13.2 Å². The molecule has 0 unspecified atom stereocenters. The molecule has 0 spiro atoms. The molecule has 0 saturated heterocycles. The third-order valence-corrected chi connectivity index (χ3v) is 4.89. The number of rotatable bonds is 7. The van der Waals surface area contributed by atoms with E-state index in [1.165, 1.54) is 43.3 Å². The molecule has 2 aromatic carbocycles. The van der Waals surface area contributed by atoms with Gasteiger partial charge >= 0.3 is 12.5 Å². The zero-order valence-corrected chi connectivity index (χ0v) is 18.5. The molecular weight excluding hydrogens is 462 g/mol. The van der Waals surface area contributed by atoms with E-state index in [0.717, 1.165) is 18.6 Å². The average molecular weight is 484 g/mol. The van der Waals surface area contributed by atoms with Gasteiger partial charge in [-0.3, -0.25) is 0 Å². The first-order chi connectivity index (χ1) is 15.8. The Labute approximate surface area is 192 Å². The van der Waals surface area contributed by atoms with Crippen LogP contribution in [0.15, 0.2) is 48.5 Å². The maximum Gasteiger partial charge on any atom is 0.573 e. The van der Waals surface area contributed by atoms with E-state index in [1.54, 1.807) is 0 Å². The second kappa shape index (κ2) is 9.78. The van der Waals surface area contributed by atoms with Crippen molar-refractivity contribution in [1.82, 2.24) is 9.97 Å². The molecule has 0 radical (unpaired) electrons. The Morgan fingerprint density at radius 1 is 0.971 bits per heavy atom. The van der Waals surface area contributed by atoms with Crippen molar-refractivity contribution >= 4 is 17.5 Å². The summed E-state index contributed by atoms with van der Waals surface area (Å²) in [5.74, 6) is -0.0996. The molecule has 3 aromatic rings. The molecule has 11 heteroatoms. The smallest absolute Gasteiger partial charge is 0.406 e. The van der Waals surface area contributed by atoms with Crippen molar-refractivity contribution in [2.75, 3.05) is 10.6 Å². The second-order valence-corrected chi connectivity index (χ2v) is 7.64. The van der Waals surface area contributed by atoms with Crippen molar-refractivity contribution in [2.45, 2.75) is 45.8 Å². The minimum Gasteiger partial charge on any atom is -0.406 e. The molecule has 2 N–H and O–H groups in total. The highest BCUT2D eigenvalue weighted by molar-refractivity contribution is 5.69. The quantitative estimate of drug-likeness (QED) is 0.344. The van der Waals surface area contributed by atoms with E-state index < -0.39 is 23.9 Å². The van der Waals surface area contributed by atoms with Gasteiger partial charge in [0.2, 0.25) is 5.95 Å². The lowest BCUT2D eigenvalue weighted by Crippen LogP contribution is -2.17. The first-order valence-electron chi connectivity index (χ1n) is 10.3.